The Kier molecular flexibility index (Phi) is 6.85. The topological polar surface area (TPSA) is 80.2 Å². The molecule has 0 saturated heterocycles. The van der Waals surface area contributed by atoms with Crippen LogP contribution in [0.3, 0.4) is 0 Å². The van der Waals surface area contributed by atoms with E-state index in [2.05, 4.69) is 10.3 Å². The molecule has 0 fully saturated rings. The van der Waals surface area contributed by atoms with Crippen LogP contribution >= 0.6 is 11.8 Å². The van der Waals surface area contributed by atoms with Crippen molar-refractivity contribution in [3.05, 3.63) is 89.1 Å². The number of nitrogens with one attached hydrogen (secondary N) is 1. The first-order chi connectivity index (χ1) is 18.2. The fourth-order valence-electron chi connectivity index (χ4n) is 3.83. The van der Waals surface area contributed by atoms with Crippen LogP contribution in [-0.2, 0) is 15.8 Å². The molecule has 11 heteroatoms. The highest BCUT2D eigenvalue weighted by Gasteiger charge is 2.35. The molecule has 2 heterocycles. The van der Waals surface area contributed by atoms with Gasteiger partial charge >= 0.3 is 6.18 Å². The number of carbonyl (C=O) groups is 2. The molecular weight excluding hydrogens is 519 g/mol. The summed E-state index contributed by atoms with van der Waals surface area (Å²) in [6.45, 7) is 2.03. The van der Waals surface area contributed by atoms with Crippen LogP contribution in [0.2, 0.25) is 0 Å². The van der Waals surface area contributed by atoms with Crippen molar-refractivity contribution in [3.63, 3.8) is 0 Å². The van der Waals surface area contributed by atoms with E-state index in [1.54, 1.807) is 36.4 Å². The van der Waals surface area contributed by atoms with Crippen LogP contribution < -0.4 is 19.7 Å². The van der Waals surface area contributed by atoms with Crippen LogP contribution in [0.15, 0.2) is 77.4 Å². The van der Waals surface area contributed by atoms with E-state index in [1.807, 2.05) is 19.1 Å². The third-order valence-electron chi connectivity index (χ3n) is 5.66. The molecule has 0 aliphatic carbocycles. The van der Waals surface area contributed by atoms with Gasteiger partial charge in [0.15, 0.2) is 16.7 Å². The summed E-state index contributed by atoms with van der Waals surface area (Å²) >= 11 is 0.946. The summed E-state index contributed by atoms with van der Waals surface area (Å²) in [5, 5.41) is 2.54. The van der Waals surface area contributed by atoms with Gasteiger partial charge in [-0.25, -0.2) is 4.99 Å². The second-order valence-corrected chi connectivity index (χ2v) is 9.34. The summed E-state index contributed by atoms with van der Waals surface area (Å²) < 4.78 is 50.6. The predicted octanol–water partition coefficient (Wildman–Crippen LogP) is 5.86. The van der Waals surface area contributed by atoms with Crippen molar-refractivity contribution in [3.8, 4) is 11.5 Å². The molecule has 0 bridgehead atoms. The fraction of sp³-hybridized carbons (Fsp3) is 0.148. The second kappa shape index (κ2) is 10.3. The fourth-order valence-corrected chi connectivity index (χ4v) is 4.64. The zero-order chi connectivity index (χ0) is 26.9. The normalized spacial score (nSPS) is 15.7. The number of nitrogens with zero attached hydrogens (tertiary/aromatic N) is 2. The van der Waals surface area contributed by atoms with Crippen molar-refractivity contribution in [1.82, 2.24) is 0 Å². The lowest BCUT2D eigenvalue weighted by Crippen LogP contribution is -2.31. The smallest absolute Gasteiger partial charge is 0.418 e. The number of hydrogen-bond donors (Lipinski definition) is 1. The summed E-state index contributed by atoms with van der Waals surface area (Å²) in [5.74, 6) is -0.188. The van der Waals surface area contributed by atoms with Gasteiger partial charge in [0.25, 0.3) is 5.91 Å². The number of amidine groups is 1. The Hall–Kier alpha value is -4.25. The Labute approximate surface area is 220 Å². The first-order valence-corrected chi connectivity index (χ1v) is 12.4. The molecule has 0 saturated carbocycles. The zero-order valence-corrected chi connectivity index (χ0v) is 20.7. The average molecular weight is 540 g/mol. The Bertz CT molecular complexity index is 1470. The van der Waals surface area contributed by atoms with Gasteiger partial charge in [0.05, 0.1) is 22.7 Å². The van der Waals surface area contributed by atoms with Gasteiger partial charge in [-0.05, 0) is 55.0 Å². The third-order valence-corrected chi connectivity index (χ3v) is 6.60. The van der Waals surface area contributed by atoms with Crippen LogP contribution in [0.5, 0.6) is 11.5 Å². The van der Waals surface area contributed by atoms with Gasteiger partial charge in [-0.2, -0.15) is 13.2 Å². The molecule has 3 aromatic rings. The number of thioether (sulfide) groups is 1. The van der Waals surface area contributed by atoms with Crippen molar-refractivity contribution in [2.24, 2.45) is 4.99 Å². The monoisotopic (exact) mass is 539 g/mol. The molecule has 2 amide bonds. The van der Waals surface area contributed by atoms with E-state index < -0.39 is 23.6 Å². The first kappa shape index (κ1) is 25.4. The lowest BCUT2D eigenvalue weighted by atomic mass is 10.1. The van der Waals surface area contributed by atoms with Crippen molar-refractivity contribution in [2.75, 3.05) is 22.8 Å². The number of aliphatic imine (C=N–C) groups is 1. The third kappa shape index (κ3) is 5.37. The number of carbonyl (C=O) groups excluding carboxylic acids is 2. The maximum Gasteiger partial charge on any atom is 0.418 e. The van der Waals surface area contributed by atoms with Crippen molar-refractivity contribution >= 4 is 46.2 Å². The largest absolute Gasteiger partial charge is 0.454 e. The predicted molar refractivity (Wildman–Crippen MR) is 139 cm³/mol. The van der Waals surface area contributed by atoms with Crippen molar-refractivity contribution in [1.29, 1.82) is 0 Å². The number of rotatable bonds is 5. The Morgan fingerprint density at radius 3 is 2.58 bits per heavy atom. The summed E-state index contributed by atoms with van der Waals surface area (Å²) in [5.41, 5.74) is 1.05. The molecule has 2 aliphatic rings. The van der Waals surface area contributed by atoms with Crippen LogP contribution in [0.4, 0.5) is 24.5 Å². The standard InChI is InChI=1S/C27H20F3N3O4S/c1-16-6-9-18(10-7-16)33-25(35)21(12-17-8-11-22-23(13-17)37-15-36-22)32-26(33)38-14-24(34)31-20-5-3-2-4-19(20)27(28,29)30/h2-13H,14-15H2,1H3,(H,31,34)/b21-12+. The van der Waals surface area contributed by atoms with E-state index in [4.69, 9.17) is 9.47 Å². The van der Waals surface area contributed by atoms with E-state index in [-0.39, 0.29) is 29.1 Å². The minimum Gasteiger partial charge on any atom is -0.454 e. The molecule has 5 rings (SSSR count). The lowest BCUT2D eigenvalue weighted by Gasteiger charge is -2.18. The molecule has 1 N–H and O–H groups in total. The maximum atomic E-state index is 13.4. The number of amides is 2. The van der Waals surface area contributed by atoms with Gasteiger partial charge in [0, 0.05) is 0 Å². The van der Waals surface area contributed by atoms with Gasteiger partial charge in [-0.15, -0.1) is 0 Å². The molecule has 7 nitrogen and oxygen atoms in total. The van der Waals surface area contributed by atoms with Crippen molar-refractivity contribution < 1.29 is 32.2 Å². The molecule has 3 aromatic carbocycles. The van der Waals surface area contributed by atoms with Gasteiger partial charge in [0.2, 0.25) is 12.7 Å². The van der Waals surface area contributed by atoms with E-state index in [1.165, 1.54) is 23.1 Å². The van der Waals surface area contributed by atoms with E-state index >= 15 is 0 Å². The Morgan fingerprint density at radius 1 is 1.08 bits per heavy atom. The Balaban J connectivity index is 1.39. The number of alkyl halides is 3. The number of hydrogen-bond acceptors (Lipinski definition) is 6. The number of ether oxygens (including phenoxy) is 2. The van der Waals surface area contributed by atoms with Crippen LogP contribution in [0, 0.1) is 6.92 Å². The molecule has 194 valence electrons. The van der Waals surface area contributed by atoms with Gasteiger partial charge in [0.1, 0.15) is 5.70 Å². The van der Waals surface area contributed by atoms with Gasteiger partial charge < -0.3 is 14.8 Å². The highest BCUT2D eigenvalue weighted by Crippen LogP contribution is 2.36. The molecular formula is C27H20F3N3O4S. The molecule has 0 atom stereocenters. The SMILES string of the molecule is Cc1ccc(N2C(=O)/C(=C\c3ccc4c(c3)OCO4)N=C2SCC(=O)Nc2ccccc2C(F)(F)F)cc1. The van der Waals surface area contributed by atoms with Crippen LogP contribution in [0.1, 0.15) is 16.7 Å². The zero-order valence-electron chi connectivity index (χ0n) is 19.9. The molecule has 0 aromatic heterocycles. The highest BCUT2D eigenvalue weighted by atomic mass is 32.2. The van der Waals surface area contributed by atoms with E-state index in [0.717, 1.165) is 23.4 Å². The van der Waals surface area contributed by atoms with Gasteiger partial charge in [-0.3, -0.25) is 14.5 Å². The van der Waals surface area contributed by atoms with Crippen molar-refractivity contribution in [2.45, 2.75) is 13.1 Å². The first-order valence-electron chi connectivity index (χ1n) is 11.4. The van der Waals surface area contributed by atoms with Crippen LogP contribution in [-0.4, -0.2) is 29.5 Å². The number of anilines is 2. The van der Waals surface area contributed by atoms with E-state index in [9.17, 15) is 22.8 Å². The molecule has 0 radical (unpaired) electrons. The molecule has 38 heavy (non-hydrogen) atoms. The molecule has 0 unspecified atom stereocenters. The quantitative estimate of drug-likeness (QED) is 0.411. The number of halogens is 3. The number of aryl methyl sites for hydroxylation is 1. The minimum absolute atomic E-state index is 0.115. The molecule has 2 aliphatic heterocycles. The summed E-state index contributed by atoms with van der Waals surface area (Å²) in [6, 6.07) is 17.1. The number of para-hydroxylation sites is 1. The Morgan fingerprint density at radius 2 is 1.82 bits per heavy atom. The maximum absolute atomic E-state index is 13.4. The average Bonchev–Trinajstić information content (AvgIpc) is 3.47. The van der Waals surface area contributed by atoms with E-state index in [0.29, 0.717) is 22.7 Å². The number of benzene rings is 3. The second-order valence-electron chi connectivity index (χ2n) is 8.39. The van der Waals surface area contributed by atoms with Gasteiger partial charge in [-0.1, -0.05) is 47.7 Å². The lowest BCUT2D eigenvalue weighted by molar-refractivity contribution is -0.137. The van der Waals surface area contributed by atoms with Crippen LogP contribution in [0.25, 0.3) is 6.08 Å². The summed E-state index contributed by atoms with van der Waals surface area (Å²) in [7, 11) is 0. The minimum atomic E-state index is -4.62. The number of fused-ring (bicyclic) bond motifs is 1. The highest BCUT2D eigenvalue weighted by molar-refractivity contribution is 8.14. The summed E-state index contributed by atoms with van der Waals surface area (Å²) in [4.78, 5) is 31.8. The molecule has 0 spiro atoms. The summed E-state index contributed by atoms with van der Waals surface area (Å²) in [6.07, 6.45) is -3.02.